The molecule has 0 radical (unpaired) electrons. The summed E-state index contributed by atoms with van der Waals surface area (Å²) in [6.45, 7) is 0. The molecule has 0 saturated heterocycles. The summed E-state index contributed by atoms with van der Waals surface area (Å²) < 4.78 is 0.699. The van der Waals surface area contributed by atoms with E-state index in [1.54, 1.807) is 30.3 Å². The van der Waals surface area contributed by atoms with Crippen molar-refractivity contribution in [2.24, 2.45) is 0 Å². The number of nitrogens with zero attached hydrogens (tertiary/aromatic N) is 1. The molecule has 2 aromatic rings. The number of nitriles is 1. The van der Waals surface area contributed by atoms with Gasteiger partial charge in [0.2, 0.25) is 0 Å². The van der Waals surface area contributed by atoms with E-state index in [4.69, 9.17) is 5.26 Å². The van der Waals surface area contributed by atoms with Gasteiger partial charge in [-0.05, 0) is 18.2 Å². The Hall–Kier alpha value is -1.92. The lowest BCUT2D eigenvalue weighted by atomic mass is 10.0. The second kappa shape index (κ2) is 4.94. The maximum atomic E-state index is 12.2. The predicted molar refractivity (Wildman–Crippen MR) is 68.7 cm³/mol. The van der Waals surface area contributed by atoms with E-state index in [9.17, 15) is 4.79 Å². The van der Waals surface area contributed by atoms with E-state index in [0.29, 0.717) is 21.2 Å². The highest BCUT2D eigenvalue weighted by molar-refractivity contribution is 9.10. The summed E-state index contributed by atoms with van der Waals surface area (Å²) in [4.78, 5) is 12.2. The average molecular weight is 286 g/mol. The minimum atomic E-state index is -0.0884. The molecule has 0 aromatic heterocycles. The molecule has 0 spiro atoms. The van der Waals surface area contributed by atoms with E-state index in [2.05, 4.69) is 15.9 Å². The van der Waals surface area contributed by atoms with Crippen molar-refractivity contribution < 1.29 is 4.79 Å². The topological polar surface area (TPSA) is 40.9 Å². The van der Waals surface area contributed by atoms with E-state index in [-0.39, 0.29) is 5.78 Å². The van der Waals surface area contributed by atoms with Crippen LogP contribution in [0.4, 0.5) is 0 Å². The minimum Gasteiger partial charge on any atom is -0.289 e. The summed E-state index contributed by atoms with van der Waals surface area (Å²) in [5.41, 5.74) is 1.60. The number of hydrogen-bond acceptors (Lipinski definition) is 2. The Bertz CT molecular complexity index is 599. The first-order valence-electron chi connectivity index (χ1n) is 5.02. The van der Waals surface area contributed by atoms with Gasteiger partial charge in [0.1, 0.15) is 0 Å². The third-order valence-electron chi connectivity index (χ3n) is 2.38. The lowest BCUT2D eigenvalue weighted by Gasteiger charge is -2.04. The van der Waals surface area contributed by atoms with Crippen LogP contribution in [0.25, 0.3) is 0 Å². The molecule has 0 bridgehead atoms. The van der Waals surface area contributed by atoms with Crippen molar-refractivity contribution >= 4 is 21.7 Å². The van der Waals surface area contributed by atoms with Crippen LogP contribution in [0.3, 0.4) is 0 Å². The summed E-state index contributed by atoms with van der Waals surface area (Å²) in [6, 6.07) is 16.0. The van der Waals surface area contributed by atoms with Gasteiger partial charge >= 0.3 is 0 Å². The standard InChI is InChI=1S/C14H8BrNO/c15-13-7-6-10(9-16)8-12(13)14(17)11-4-2-1-3-5-11/h1-8H. The number of hydrogen-bond donors (Lipinski definition) is 0. The van der Waals surface area contributed by atoms with Crippen LogP contribution in [0.15, 0.2) is 53.0 Å². The first kappa shape index (κ1) is 11.6. The van der Waals surface area contributed by atoms with Crippen molar-refractivity contribution in [3.05, 3.63) is 69.7 Å². The van der Waals surface area contributed by atoms with Gasteiger partial charge in [-0.3, -0.25) is 4.79 Å². The predicted octanol–water partition coefficient (Wildman–Crippen LogP) is 3.55. The van der Waals surface area contributed by atoms with Crippen molar-refractivity contribution in [1.82, 2.24) is 0 Å². The fourth-order valence-electron chi connectivity index (χ4n) is 1.51. The van der Waals surface area contributed by atoms with Crippen molar-refractivity contribution in [3.63, 3.8) is 0 Å². The first-order valence-corrected chi connectivity index (χ1v) is 5.81. The fraction of sp³-hybridized carbons (Fsp3) is 0. The third kappa shape index (κ3) is 2.43. The van der Waals surface area contributed by atoms with Gasteiger partial charge in [0, 0.05) is 15.6 Å². The van der Waals surface area contributed by atoms with E-state index in [1.807, 2.05) is 24.3 Å². The van der Waals surface area contributed by atoms with Crippen molar-refractivity contribution in [2.75, 3.05) is 0 Å². The van der Waals surface area contributed by atoms with Crippen molar-refractivity contribution in [1.29, 1.82) is 5.26 Å². The molecule has 0 N–H and O–H groups in total. The number of ketones is 1. The molecule has 3 heteroatoms. The van der Waals surface area contributed by atoms with E-state index < -0.39 is 0 Å². The summed E-state index contributed by atoms with van der Waals surface area (Å²) in [7, 11) is 0. The zero-order valence-electron chi connectivity index (χ0n) is 8.85. The molecule has 0 aliphatic carbocycles. The lowest BCUT2D eigenvalue weighted by molar-refractivity contribution is 0.103. The summed E-state index contributed by atoms with van der Waals surface area (Å²) in [6.07, 6.45) is 0. The zero-order chi connectivity index (χ0) is 12.3. The van der Waals surface area contributed by atoms with E-state index in [1.165, 1.54) is 0 Å². The zero-order valence-corrected chi connectivity index (χ0v) is 10.4. The van der Waals surface area contributed by atoms with E-state index in [0.717, 1.165) is 0 Å². The Morgan fingerprint density at radius 3 is 2.47 bits per heavy atom. The molecule has 2 rings (SSSR count). The number of carbonyl (C=O) groups is 1. The van der Waals surface area contributed by atoms with Crippen LogP contribution >= 0.6 is 15.9 Å². The third-order valence-corrected chi connectivity index (χ3v) is 3.07. The molecular weight excluding hydrogens is 278 g/mol. The second-order valence-electron chi connectivity index (χ2n) is 3.50. The maximum absolute atomic E-state index is 12.2. The van der Waals surface area contributed by atoms with E-state index >= 15 is 0 Å². The smallest absolute Gasteiger partial charge is 0.194 e. The summed E-state index contributed by atoms with van der Waals surface area (Å²) in [5, 5.41) is 8.83. The lowest BCUT2D eigenvalue weighted by Crippen LogP contribution is -2.02. The molecule has 0 fully saturated rings. The molecule has 0 aliphatic heterocycles. The molecule has 0 heterocycles. The molecule has 0 saturated carbocycles. The molecule has 0 aliphatic rings. The molecule has 2 aromatic carbocycles. The van der Waals surface area contributed by atoms with Crippen LogP contribution in [0.5, 0.6) is 0 Å². The van der Waals surface area contributed by atoms with Crippen LogP contribution in [-0.4, -0.2) is 5.78 Å². The highest BCUT2D eigenvalue weighted by atomic mass is 79.9. The highest BCUT2D eigenvalue weighted by Gasteiger charge is 2.12. The second-order valence-corrected chi connectivity index (χ2v) is 4.36. The first-order chi connectivity index (χ1) is 8.22. The fourth-order valence-corrected chi connectivity index (χ4v) is 1.94. The van der Waals surface area contributed by atoms with Gasteiger partial charge in [-0.15, -0.1) is 0 Å². The summed E-state index contributed by atoms with van der Waals surface area (Å²) in [5.74, 6) is -0.0884. The Morgan fingerprint density at radius 1 is 1.12 bits per heavy atom. The maximum Gasteiger partial charge on any atom is 0.194 e. The molecule has 2 nitrogen and oxygen atoms in total. The monoisotopic (exact) mass is 285 g/mol. The van der Waals surface area contributed by atoms with Crippen LogP contribution in [0.2, 0.25) is 0 Å². The largest absolute Gasteiger partial charge is 0.289 e. The molecular formula is C14H8BrNO. The Balaban J connectivity index is 2.48. The highest BCUT2D eigenvalue weighted by Crippen LogP contribution is 2.21. The number of carbonyl (C=O) groups excluding carboxylic acids is 1. The molecule has 17 heavy (non-hydrogen) atoms. The van der Waals surface area contributed by atoms with Gasteiger partial charge in [-0.1, -0.05) is 46.3 Å². The molecule has 0 atom stereocenters. The molecule has 82 valence electrons. The van der Waals surface area contributed by atoms with Crippen LogP contribution in [0, 0.1) is 11.3 Å². The quantitative estimate of drug-likeness (QED) is 0.792. The molecule has 0 unspecified atom stereocenters. The van der Waals surface area contributed by atoms with Gasteiger partial charge < -0.3 is 0 Å². The SMILES string of the molecule is N#Cc1ccc(Br)c(C(=O)c2ccccc2)c1. The van der Waals surface area contributed by atoms with Gasteiger partial charge in [0.25, 0.3) is 0 Å². The van der Waals surface area contributed by atoms with Crippen molar-refractivity contribution in [2.45, 2.75) is 0 Å². The van der Waals surface area contributed by atoms with Gasteiger partial charge in [0.05, 0.1) is 11.6 Å². The van der Waals surface area contributed by atoms with Gasteiger partial charge in [-0.25, -0.2) is 0 Å². The number of benzene rings is 2. The number of rotatable bonds is 2. The minimum absolute atomic E-state index is 0.0884. The average Bonchev–Trinajstić information content (AvgIpc) is 2.39. The number of halogens is 1. The Kier molecular flexibility index (Phi) is 3.36. The Labute approximate surface area is 108 Å². The van der Waals surface area contributed by atoms with Gasteiger partial charge in [-0.2, -0.15) is 5.26 Å². The van der Waals surface area contributed by atoms with Gasteiger partial charge in [0.15, 0.2) is 5.78 Å². The molecule has 0 amide bonds. The summed E-state index contributed by atoms with van der Waals surface area (Å²) >= 11 is 3.33. The van der Waals surface area contributed by atoms with Crippen LogP contribution in [0.1, 0.15) is 21.5 Å². The van der Waals surface area contributed by atoms with Crippen LogP contribution < -0.4 is 0 Å². The Morgan fingerprint density at radius 2 is 1.82 bits per heavy atom. The normalized spacial score (nSPS) is 9.65. The van der Waals surface area contributed by atoms with Crippen LogP contribution in [-0.2, 0) is 0 Å². The van der Waals surface area contributed by atoms with Crippen molar-refractivity contribution in [3.8, 4) is 6.07 Å².